The van der Waals surface area contributed by atoms with Crippen LogP contribution < -0.4 is 10.2 Å². The number of carbonyl (C=O) groups is 3. The first-order valence-electron chi connectivity index (χ1n) is 12.1. The first kappa shape index (κ1) is 23.4. The van der Waals surface area contributed by atoms with E-state index < -0.39 is 6.04 Å². The van der Waals surface area contributed by atoms with Gasteiger partial charge in [-0.3, -0.25) is 19.3 Å². The van der Waals surface area contributed by atoms with Gasteiger partial charge in [0.15, 0.2) is 0 Å². The SMILES string of the molecule is CC(C(=O)NC1CCCC1)N(Cc1ccc(Cl)cc1)C(=O)CN1C(=O)c2cccc3cccc1c23. The van der Waals surface area contributed by atoms with Crippen molar-refractivity contribution in [2.75, 3.05) is 11.4 Å². The summed E-state index contributed by atoms with van der Waals surface area (Å²) in [6, 6.07) is 18.0. The average molecular weight is 490 g/mol. The summed E-state index contributed by atoms with van der Waals surface area (Å²) in [5.74, 6) is -0.649. The van der Waals surface area contributed by atoms with Crippen LogP contribution in [0.15, 0.2) is 60.7 Å². The van der Waals surface area contributed by atoms with Crippen LogP contribution in [0.1, 0.15) is 48.5 Å². The molecule has 0 spiro atoms. The summed E-state index contributed by atoms with van der Waals surface area (Å²) in [7, 11) is 0. The smallest absolute Gasteiger partial charge is 0.259 e. The molecule has 0 saturated heterocycles. The number of nitrogens with zero attached hydrogens (tertiary/aromatic N) is 2. The van der Waals surface area contributed by atoms with Gasteiger partial charge < -0.3 is 10.2 Å². The average Bonchev–Trinajstić information content (AvgIpc) is 3.47. The molecule has 0 aromatic heterocycles. The number of hydrogen-bond acceptors (Lipinski definition) is 3. The quantitative estimate of drug-likeness (QED) is 0.511. The van der Waals surface area contributed by atoms with E-state index in [4.69, 9.17) is 11.6 Å². The highest BCUT2D eigenvalue weighted by molar-refractivity contribution is 6.30. The number of anilines is 1. The van der Waals surface area contributed by atoms with Crippen molar-refractivity contribution >= 4 is 45.8 Å². The fourth-order valence-corrected chi connectivity index (χ4v) is 5.25. The minimum absolute atomic E-state index is 0.138. The molecule has 0 bridgehead atoms. The van der Waals surface area contributed by atoms with E-state index in [1.54, 1.807) is 30.0 Å². The summed E-state index contributed by atoms with van der Waals surface area (Å²) in [5.41, 5.74) is 2.19. The van der Waals surface area contributed by atoms with Gasteiger partial charge in [-0.05, 0) is 55.0 Å². The van der Waals surface area contributed by atoms with E-state index in [2.05, 4.69) is 5.32 Å². The van der Waals surface area contributed by atoms with Crippen LogP contribution in [0.5, 0.6) is 0 Å². The lowest BCUT2D eigenvalue weighted by Gasteiger charge is -2.31. The molecule has 3 aromatic carbocycles. The molecular weight excluding hydrogens is 462 g/mol. The van der Waals surface area contributed by atoms with Crippen LogP contribution in [-0.4, -0.2) is 41.2 Å². The van der Waals surface area contributed by atoms with Crippen molar-refractivity contribution in [1.29, 1.82) is 0 Å². The molecule has 1 fully saturated rings. The molecule has 1 saturated carbocycles. The molecule has 7 heteroatoms. The highest BCUT2D eigenvalue weighted by atomic mass is 35.5. The molecule has 6 nitrogen and oxygen atoms in total. The van der Waals surface area contributed by atoms with Crippen molar-refractivity contribution in [1.82, 2.24) is 10.2 Å². The van der Waals surface area contributed by atoms with Crippen molar-refractivity contribution < 1.29 is 14.4 Å². The van der Waals surface area contributed by atoms with E-state index in [0.29, 0.717) is 10.6 Å². The van der Waals surface area contributed by atoms with Crippen molar-refractivity contribution in [2.24, 2.45) is 0 Å². The maximum absolute atomic E-state index is 13.7. The van der Waals surface area contributed by atoms with Gasteiger partial charge in [0, 0.05) is 28.6 Å². The number of benzene rings is 3. The van der Waals surface area contributed by atoms with Gasteiger partial charge in [0.05, 0.1) is 5.69 Å². The van der Waals surface area contributed by atoms with Crippen molar-refractivity contribution in [3.8, 4) is 0 Å². The predicted octanol–water partition coefficient (Wildman–Crippen LogP) is 4.93. The molecule has 180 valence electrons. The van der Waals surface area contributed by atoms with E-state index in [0.717, 1.165) is 47.7 Å². The van der Waals surface area contributed by atoms with Crippen molar-refractivity contribution in [3.63, 3.8) is 0 Å². The number of carbonyl (C=O) groups excluding carboxylic acids is 3. The van der Waals surface area contributed by atoms with E-state index in [-0.39, 0.29) is 36.9 Å². The third-order valence-corrected chi connectivity index (χ3v) is 7.33. The predicted molar refractivity (Wildman–Crippen MR) is 137 cm³/mol. The Labute approximate surface area is 209 Å². The number of rotatable bonds is 7. The van der Waals surface area contributed by atoms with Gasteiger partial charge in [-0.1, -0.05) is 60.8 Å². The third kappa shape index (κ3) is 4.63. The fraction of sp³-hybridized carbons (Fsp3) is 0.321. The third-order valence-electron chi connectivity index (χ3n) is 7.08. The molecule has 0 radical (unpaired) electrons. The largest absolute Gasteiger partial charge is 0.352 e. The molecule has 1 aliphatic heterocycles. The first-order valence-corrected chi connectivity index (χ1v) is 12.5. The lowest BCUT2D eigenvalue weighted by Crippen LogP contribution is -2.52. The standard InChI is InChI=1S/C28H28ClN3O3/c1-18(27(34)30-22-8-2-3-9-22)31(16-19-12-14-21(29)15-13-19)25(33)17-32-24-11-5-7-20-6-4-10-23(26(20)24)28(32)35/h4-7,10-15,18,22H,2-3,8-9,16-17H2,1H3,(H,30,34). The zero-order chi connectivity index (χ0) is 24.5. The molecule has 3 amide bonds. The molecule has 1 N–H and O–H groups in total. The maximum Gasteiger partial charge on any atom is 0.259 e. The lowest BCUT2D eigenvalue weighted by molar-refractivity contribution is -0.139. The molecule has 5 rings (SSSR count). The zero-order valence-electron chi connectivity index (χ0n) is 19.7. The van der Waals surface area contributed by atoms with Gasteiger partial charge in [0.1, 0.15) is 12.6 Å². The monoisotopic (exact) mass is 489 g/mol. The molecule has 1 atom stereocenters. The number of nitrogens with one attached hydrogen (secondary N) is 1. The van der Waals surface area contributed by atoms with Crippen LogP contribution in [-0.2, 0) is 16.1 Å². The summed E-state index contributed by atoms with van der Waals surface area (Å²) < 4.78 is 0. The summed E-state index contributed by atoms with van der Waals surface area (Å²) in [4.78, 5) is 43.1. The van der Waals surface area contributed by atoms with Crippen LogP contribution in [0, 0.1) is 0 Å². The highest BCUT2D eigenvalue weighted by Crippen LogP contribution is 2.37. The second-order valence-corrected chi connectivity index (χ2v) is 9.82. The number of amides is 3. The Morgan fingerprint density at radius 1 is 1.06 bits per heavy atom. The van der Waals surface area contributed by atoms with Crippen molar-refractivity contribution in [2.45, 2.75) is 51.2 Å². The summed E-state index contributed by atoms with van der Waals surface area (Å²) in [6.45, 7) is 1.86. The van der Waals surface area contributed by atoms with Gasteiger partial charge in [-0.25, -0.2) is 0 Å². The molecular formula is C28H28ClN3O3. The van der Waals surface area contributed by atoms with Crippen LogP contribution in [0.3, 0.4) is 0 Å². The normalized spacial score (nSPS) is 16.1. The Morgan fingerprint density at radius 3 is 2.46 bits per heavy atom. The van der Waals surface area contributed by atoms with Gasteiger partial charge >= 0.3 is 0 Å². The minimum atomic E-state index is -0.686. The lowest BCUT2D eigenvalue weighted by atomic mass is 10.1. The molecule has 3 aromatic rings. The van der Waals surface area contributed by atoms with Crippen molar-refractivity contribution in [3.05, 3.63) is 76.8 Å². The first-order chi connectivity index (χ1) is 16.9. The van der Waals surface area contributed by atoms with E-state index in [1.807, 2.05) is 42.5 Å². The highest BCUT2D eigenvalue weighted by Gasteiger charge is 2.34. The van der Waals surface area contributed by atoms with Gasteiger partial charge in [0.2, 0.25) is 11.8 Å². The maximum atomic E-state index is 13.7. The topological polar surface area (TPSA) is 69.7 Å². The molecule has 35 heavy (non-hydrogen) atoms. The minimum Gasteiger partial charge on any atom is -0.352 e. The second kappa shape index (κ2) is 9.70. The summed E-state index contributed by atoms with van der Waals surface area (Å²) in [6.07, 6.45) is 4.15. The van der Waals surface area contributed by atoms with Crippen LogP contribution in [0.25, 0.3) is 10.8 Å². The summed E-state index contributed by atoms with van der Waals surface area (Å²) in [5, 5.41) is 5.54. The zero-order valence-corrected chi connectivity index (χ0v) is 20.4. The fourth-order valence-electron chi connectivity index (χ4n) is 5.12. The summed E-state index contributed by atoms with van der Waals surface area (Å²) >= 11 is 6.04. The molecule has 2 aliphatic rings. The number of hydrogen-bond donors (Lipinski definition) is 1. The van der Waals surface area contributed by atoms with Gasteiger partial charge in [-0.15, -0.1) is 0 Å². The second-order valence-electron chi connectivity index (χ2n) is 9.39. The Kier molecular flexibility index (Phi) is 6.48. The number of halogens is 1. The Balaban J connectivity index is 1.40. The van der Waals surface area contributed by atoms with Gasteiger partial charge in [-0.2, -0.15) is 0 Å². The van der Waals surface area contributed by atoms with E-state index >= 15 is 0 Å². The van der Waals surface area contributed by atoms with Crippen LogP contribution in [0.2, 0.25) is 5.02 Å². The Bertz CT molecular complexity index is 1280. The van der Waals surface area contributed by atoms with E-state index in [9.17, 15) is 14.4 Å². The molecule has 1 aliphatic carbocycles. The molecule has 1 unspecified atom stereocenters. The Hall–Kier alpha value is -3.38. The van der Waals surface area contributed by atoms with Gasteiger partial charge in [0.25, 0.3) is 5.91 Å². The van der Waals surface area contributed by atoms with E-state index in [1.165, 1.54) is 4.90 Å². The van der Waals surface area contributed by atoms with Crippen LogP contribution in [0.4, 0.5) is 5.69 Å². The Morgan fingerprint density at radius 2 is 1.74 bits per heavy atom. The molecule has 1 heterocycles. The van der Waals surface area contributed by atoms with Crippen LogP contribution >= 0.6 is 11.6 Å².